The Morgan fingerprint density at radius 3 is 2.50 bits per heavy atom. The fourth-order valence-electron chi connectivity index (χ4n) is 2.56. The van der Waals surface area contributed by atoms with E-state index < -0.39 is 18.1 Å². The highest BCUT2D eigenvalue weighted by Crippen LogP contribution is 2.27. The van der Waals surface area contributed by atoms with Crippen molar-refractivity contribution in [3.8, 4) is 0 Å². The minimum atomic E-state index is -0.992. The Balaban J connectivity index is 1.84. The molecule has 0 bridgehead atoms. The van der Waals surface area contributed by atoms with Crippen molar-refractivity contribution >= 4 is 12.1 Å². The third-order valence-corrected chi connectivity index (χ3v) is 3.62. The monoisotopic (exact) mass is 277 g/mol. The summed E-state index contributed by atoms with van der Waals surface area (Å²) in [5.41, 5.74) is 0.871. The third kappa shape index (κ3) is 3.98. The van der Waals surface area contributed by atoms with Gasteiger partial charge >= 0.3 is 12.1 Å². The molecule has 0 aliphatic heterocycles. The molecular weight excluding hydrogens is 258 g/mol. The summed E-state index contributed by atoms with van der Waals surface area (Å²) < 4.78 is 5.05. The van der Waals surface area contributed by atoms with E-state index in [-0.39, 0.29) is 12.5 Å². The van der Waals surface area contributed by atoms with E-state index in [1.807, 2.05) is 30.3 Å². The van der Waals surface area contributed by atoms with Crippen LogP contribution in [0.25, 0.3) is 0 Å². The molecule has 108 valence electrons. The van der Waals surface area contributed by atoms with Crippen LogP contribution in [0.2, 0.25) is 0 Å². The highest BCUT2D eigenvalue weighted by Gasteiger charge is 2.32. The van der Waals surface area contributed by atoms with Crippen LogP contribution in [0.5, 0.6) is 0 Å². The molecule has 1 atom stereocenters. The Kier molecular flexibility index (Phi) is 4.98. The first kappa shape index (κ1) is 14.4. The first-order valence-corrected chi connectivity index (χ1v) is 6.87. The highest BCUT2D eigenvalue weighted by molar-refractivity contribution is 5.80. The van der Waals surface area contributed by atoms with Crippen LogP contribution < -0.4 is 5.32 Å². The van der Waals surface area contributed by atoms with Gasteiger partial charge in [-0.05, 0) is 24.3 Å². The number of ether oxygens (including phenoxy) is 1. The smallest absolute Gasteiger partial charge is 0.408 e. The molecule has 2 N–H and O–H groups in total. The number of carbonyl (C=O) groups excluding carboxylic acids is 1. The molecule has 1 aromatic carbocycles. The van der Waals surface area contributed by atoms with Crippen molar-refractivity contribution in [3.05, 3.63) is 35.9 Å². The Labute approximate surface area is 117 Å². The minimum absolute atomic E-state index is 0.0109. The zero-order valence-electron chi connectivity index (χ0n) is 11.2. The van der Waals surface area contributed by atoms with Crippen LogP contribution in [0, 0.1) is 5.92 Å². The van der Waals surface area contributed by atoms with Crippen molar-refractivity contribution in [2.24, 2.45) is 5.92 Å². The van der Waals surface area contributed by atoms with Gasteiger partial charge in [-0.1, -0.05) is 43.2 Å². The maximum Gasteiger partial charge on any atom is 0.408 e. The Hall–Kier alpha value is -2.04. The summed E-state index contributed by atoms with van der Waals surface area (Å²) in [5.74, 6) is -0.981. The molecule has 0 radical (unpaired) electrons. The fraction of sp³-hybridized carbons (Fsp3) is 0.467. The van der Waals surface area contributed by atoms with Gasteiger partial charge in [0.15, 0.2) is 0 Å². The number of alkyl carbamates (subject to hydrolysis) is 1. The van der Waals surface area contributed by atoms with Crippen molar-refractivity contribution in [2.45, 2.75) is 38.3 Å². The van der Waals surface area contributed by atoms with Gasteiger partial charge in [-0.15, -0.1) is 0 Å². The lowest BCUT2D eigenvalue weighted by Crippen LogP contribution is -2.45. The molecule has 20 heavy (non-hydrogen) atoms. The Morgan fingerprint density at radius 1 is 1.25 bits per heavy atom. The molecule has 1 saturated carbocycles. The van der Waals surface area contributed by atoms with Crippen molar-refractivity contribution in [1.82, 2.24) is 5.32 Å². The lowest BCUT2D eigenvalue weighted by molar-refractivity contribution is -0.140. The number of nitrogens with one attached hydrogen (secondary N) is 1. The van der Waals surface area contributed by atoms with Gasteiger partial charge in [0.2, 0.25) is 0 Å². The number of carbonyl (C=O) groups is 2. The maximum absolute atomic E-state index is 11.7. The van der Waals surface area contributed by atoms with Gasteiger partial charge in [0.25, 0.3) is 0 Å². The zero-order chi connectivity index (χ0) is 14.4. The number of carboxylic acids is 1. The van der Waals surface area contributed by atoms with Crippen LogP contribution in [-0.2, 0) is 16.1 Å². The highest BCUT2D eigenvalue weighted by atomic mass is 16.5. The number of hydrogen-bond acceptors (Lipinski definition) is 3. The molecule has 1 aliphatic rings. The normalized spacial score (nSPS) is 16.6. The van der Waals surface area contributed by atoms with Crippen LogP contribution in [0.1, 0.15) is 31.2 Å². The van der Waals surface area contributed by atoms with Crippen molar-refractivity contribution in [3.63, 3.8) is 0 Å². The molecule has 1 fully saturated rings. The number of amides is 1. The van der Waals surface area contributed by atoms with E-state index in [0.717, 1.165) is 31.2 Å². The first-order chi connectivity index (χ1) is 9.66. The van der Waals surface area contributed by atoms with Crippen molar-refractivity contribution < 1.29 is 19.4 Å². The zero-order valence-corrected chi connectivity index (χ0v) is 11.2. The summed E-state index contributed by atoms with van der Waals surface area (Å²) in [5, 5.41) is 11.7. The van der Waals surface area contributed by atoms with Gasteiger partial charge in [0.1, 0.15) is 12.6 Å². The summed E-state index contributed by atoms with van der Waals surface area (Å²) in [6.07, 6.45) is 3.06. The topological polar surface area (TPSA) is 75.6 Å². The fourth-order valence-corrected chi connectivity index (χ4v) is 2.56. The van der Waals surface area contributed by atoms with E-state index in [0.29, 0.717) is 0 Å². The van der Waals surface area contributed by atoms with Crippen LogP contribution >= 0.6 is 0 Å². The van der Waals surface area contributed by atoms with Crippen molar-refractivity contribution in [1.29, 1.82) is 0 Å². The minimum Gasteiger partial charge on any atom is -0.480 e. The summed E-state index contributed by atoms with van der Waals surface area (Å²) >= 11 is 0. The summed E-state index contributed by atoms with van der Waals surface area (Å²) in [4.78, 5) is 22.9. The lowest BCUT2D eigenvalue weighted by atomic mass is 9.98. The molecular formula is C15H19NO4. The van der Waals surface area contributed by atoms with E-state index in [4.69, 9.17) is 4.74 Å². The van der Waals surface area contributed by atoms with E-state index in [1.54, 1.807) is 0 Å². The van der Waals surface area contributed by atoms with Crippen LogP contribution in [0.4, 0.5) is 4.79 Å². The van der Waals surface area contributed by atoms with E-state index in [1.165, 1.54) is 0 Å². The van der Waals surface area contributed by atoms with E-state index >= 15 is 0 Å². The van der Waals surface area contributed by atoms with Crippen molar-refractivity contribution in [2.75, 3.05) is 0 Å². The number of benzene rings is 1. The van der Waals surface area contributed by atoms with Gasteiger partial charge in [-0.2, -0.15) is 0 Å². The quantitative estimate of drug-likeness (QED) is 0.867. The molecule has 5 nitrogen and oxygen atoms in total. The number of aliphatic carboxylic acids is 1. The molecule has 0 aromatic heterocycles. The second-order valence-electron chi connectivity index (χ2n) is 5.07. The predicted molar refractivity (Wildman–Crippen MR) is 73.1 cm³/mol. The molecule has 1 aromatic rings. The molecule has 0 saturated heterocycles. The van der Waals surface area contributed by atoms with Gasteiger partial charge in [0.05, 0.1) is 0 Å². The van der Waals surface area contributed by atoms with Gasteiger partial charge < -0.3 is 15.2 Å². The van der Waals surface area contributed by atoms with Crippen LogP contribution in [0.15, 0.2) is 30.3 Å². The third-order valence-electron chi connectivity index (χ3n) is 3.62. The second-order valence-corrected chi connectivity index (χ2v) is 5.07. The average molecular weight is 277 g/mol. The number of rotatable bonds is 5. The number of hydrogen-bond donors (Lipinski definition) is 2. The largest absolute Gasteiger partial charge is 0.480 e. The molecule has 1 amide bonds. The SMILES string of the molecule is O=C(N[C@H](C(=O)O)C1CCCC1)OCc1ccccc1. The molecule has 2 rings (SSSR count). The average Bonchev–Trinajstić information content (AvgIpc) is 2.97. The number of carboxylic acid groups (broad SMARTS) is 1. The van der Waals surface area contributed by atoms with E-state index in [2.05, 4.69) is 5.32 Å². The Bertz CT molecular complexity index is 454. The molecule has 5 heteroatoms. The van der Waals surface area contributed by atoms with Gasteiger partial charge in [0, 0.05) is 0 Å². The lowest BCUT2D eigenvalue weighted by Gasteiger charge is -2.20. The predicted octanol–water partition coefficient (Wildman–Crippen LogP) is 2.56. The summed E-state index contributed by atoms with van der Waals surface area (Å²) in [6.45, 7) is 0.143. The summed E-state index contributed by atoms with van der Waals surface area (Å²) in [6, 6.07) is 8.44. The molecule has 0 heterocycles. The van der Waals surface area contributed by atoms with Gasteiger partial charge in [-0.25, -0.2) is 9.59 Å². The first-order valence-electron chi connectivity index (χ1n) is 6.87. The van der Waals surface area contributed by atoms with Gasteiger partial charge in [-0.3, -0.25) is 0 Å². The van der Waals surface area contributed by atoms with Crippen LogP contribution in [0.3, 0.4) is 0 Å². The second kappa shape index (κ2) is 6.93. The van der Waals surface area contributed by atoms with Crippen LogP contribution in [-0.4, -0.2) is 23.2 Å². The maximum atomic E-state index is 11.7. The Morgan fingerprint density at radius 2 is 1.90 bits per heavy atom. The standard InChI is InChI=1S/C15H19NO4/c17-14(18)13(12-8-4-5-9-12)16-15(19)20-10-11-6-2-1-3-7-11/h1-3,6-7,12-13H,4-5,8-10H2,(H,16,19)(H,17,18)/t13-/m0/s1. The molecule has 0 unspecified atom stereocenters. The molecule has 0 spiro atoms. The summed E-state index contributed by atoms with van der Waals surface area (Å²) in [7, 11) is 0. The van der Waals surface area contributed by atoms with E-state index in [9.17, 15) is 14.7 Å². The molecule has 1 aliphatic carbocycles.